The number of amides is 3. The van der Waals surface area contributed by atoms with Crippen molar-refractivity contribution in [3.8, 4) is 0 Å². The molecule has 0 bridgehead atoms. The zero-order valence-electron chi connectivity index (χ0n) is 15.1. The van der Waals surface area contributed by atoms with Crippen LogP contribution < -0.4 is 5.32 Å². The summed E-state index contributed by atoms with van der Waals surface area (Å²) in [6, 6.07) is 9.61. The lowest BCUT2D eigenvalue weighted by Gasteiger charge is -2.28. The quantitative estimate of drug-likeness (QED) is 0.790. The van der Waals surface area contributed by atoms with E-state index in [0.29, 0.717) is 17.5 Å². The Labute approximate surface area is 157 Å². The Morgan fingerprint density at radius 2 is 1.65 bits per heavy atom. The molecule has 1 aromatic carbocycles. The summed E-state index contributed by atoms with van der Waals surface area (Å²) in [5, 5.41) is 4.91. The molecule has 2 aromatic rings. The van der Waals surface area contributed by atoms with Crippen LogP contribution in [0, 0.1) is 5.92 Å². The molecule has 0 radical (unpaired) electrons. The lowest BCUT2D eigenvalue weighted by atomic mass is 10.0. The maximum atomic E-state index is 13.0. The molecule has 2 heterocycles. The Morgan fingerprint density at radius 3 is 2.15 bits per heavy atom. The molecule has 1 N–H and O–H groups in total. The van der Waals surface area contributed by atoms with E-state index in [4.69, 9.17) is 0 Å². The summed E-state index contributed by atoms with van der Waals surface area (Å²) in [7, 11) is 0. The van der Waals surface area contributed by atoms with Gasteiger partial charge < -0.3 is 5.32 Å². The molecule has 0 saturated carbocycles. The van der Waals surface area contributed by atoms with Gasteiger partial charge in [0.1, 0.15) is 6.04 Å². The molecule has 1 aromatic heterocycles. The van der Waals surface area contributed by atoms with Gasteiger partial charge in [0.25, 0.3) is 11.8 Å². The molecule has 0 saturated heterocycles. The van der Waals surface area contributed by atoms with E-state index in [1.807, 2.05) is 38.3 Å². The highest BCUT2D eigenvalue weighted by Gasteiger charge is 2.42. The predicted octanol–water partition coefficient (Wildman–Crippen LogP) is 3.64. The minimum atomic E-state index is -0.815. The number of hydrogen-bond acceptors (Lipinski definition) is 4. The summed E-state index contributed by atoms with van der Waals surface area (Å²) < 4.78 is 0. The summed E-state index contributed by atoms with van der Waals surface area (Å²) in [6.45, 7) is 5.85. The third-order valence-electron chi connectivity index (χ3n) is 4.46. The summed E-state index contributed by atoms with van der Waals surface area (Å²) in [5.74, 6) is -0.924. The second-order valence-corrected chi connectivity index (χ2v) is 7.90. The van der Waals surface area contributed by atoms with Gasteiger partial charge in [0.15, 0.2) is 0 Å². The van der Waals surface area contributed by atoms with Crippen LogP contribution in [0.15, 0.2) is 41.8 Å². The van der Waals surface area contributed by atoms with E-state index < -0.39 is 17.9 Å². The average Bonchev–Trinajstić information content (AvgIpc) is 3.22. The van der Waals surface area contributed by atoms with E-state index in [9.17, 15) is 14.4 Å². The zero-order valence-corrected chi connectivity index (χ0v) is 15.9. The maximum absolute atomic E-state index is 13.0. The van der Waals surface area contributed by atoms with Crippen LogP contribution >= 0.6 is 11.3 Å². The standard InChI is InChI=1S/C20H22N2O3S/c1-12(2)11-16(18(23)21-13(3)17-9-6-10-26-17)22-19(24)14-7-4-5-8-15(14)20(22)25/h4-10,12-13,16H,11H2,1-3H3,(H,21,23). The minimum Gasteiger partial charge on any atom is -0.347 e. The first-order chi connectivity index (χ1) is 12.4. The lowest BCUT2D eigenvalue weighted by molar-refractivity contribution is -0.126. The number of hydrogen-bond donors (Lipinski definition) is 1. The van der Waals surface area contributed by atoms with Gasteiger partial charge in [0.05, 0.1) is 17.2 Å². The van der Waals surface area contributed by atoms with Gasteiger partial charge in [-0.25, -0.2) is 0 Å². The number of imide groups is 1. The van der Waals surface area contributed by atoms with E-state index in [-0.39, 0.29) is 17.9 Å². The smallest absolute Gasteiger partial charge is 0.262 e. The van der Waals surface area contributed by atoms with Crippen molar-refractivity contribution < 1.29 is 14.4 Å². The van der Waals surface area contributed by atoms with E-state index >= 15 is 0 Å². The monoisotopic (exact) mass is 370 g/mol. The fourth-order valence-corrected chi connectivity index (χ4v) is 3.92. The van der Waals surface area contributed by atoms with Crippen molar-refractivity contribution >= 4 is 29.1 Å². The van der Waals surface area contributed by atoms with E-state index in [1.165, 1.54) is 0 Å². The SMILES string of the molecule is CC(C)CC(C(=O)NC(C)c1cccs1)N1C(=O)c2ccccc2C1=O. The Hall–Kier alpha value is -2.47. The topological polar surface area (TPSA) is 66.5 Å². The average molecular weight is 370 g/mol. The number of carbonyl (C=O) groups is 3. The molecule has 3 amide bonds. The fraction of sp³-hybridized carbons (Fsp3) is 0.350. The molecule has 0 aliphatic carbocycles. The van der Waals surface area contributed by atoms with Crippen LogP contribution in [0.3, 0.4) is 0 Å². The van der Waals surface area contributed by atoms with Crippen LogP contribution in [-0.2, 0) is 4.79 Å². The molecule has 1 aliphatic rings. The molecule has 6 heteroatoms. The highest BCUT2D eigenvalue weighted by molar-refractivity contribution is 7.10. The van der Waals surface area contributed by atoms with Crippen LogP contribution in [0.1, 0.15) is 58.8 Å². The first kappa shape index (κ1) is 18.3. The van der Waals surface area contributed by atoms with Crippen LogP contribution in [0.4, 0.5) is 0 Å². The molecule has 5 nitrogen and oxygen atoms in total. The van der Waals surface area contributed by atoms with E-state index in [2.05, 4.69) is 5.32 Å². The van der Waals surface area contributed by atoms with Crippen LogP contribution in [0.25, 0.3) is 0 Å². The van der Waals surface area contributed by atoms with Crippen molar-refractivity contribution in [3.05, 3.63) is 57.8 Å². The maximum Gasteiger partial charge on any atom is 0.262 e. The first-order valence-corrected chi connectivity index (χ1v) is 9.58. The van der Waals surface area contributed by atoms with Crippen LogP contribution in [0.2, 0.25) is 0 Å². The van der Waals surface area contributed by atoms with Crippen molar-refractivity contribution in [3.63, 3.8) is 0 Å². The van der Waals surface area contributed by atoms with E-state index in [1.54, 1.807) is 35.6 Å². The number of fused-ring (bicyclic) bond motifs is 1. The summed E-state index contributed by atoms with van der Waals surface area (Å²) >= 11 is 1.56. The third-order valence-corrected chi connectivity index (χ3v) is 5.52. The second-order valence-electron chi connectivity index (χ2n) is 6.92. The largest absolute Gasteiger partial charge is 0.347 e. The predicted molar refractivity (Wildman–Crippen MR) is 101 cm³/mol. The Bertz CT molecular complexity index is 794. The van der Waals surface area contributed by atoms with Crippen molar-refractivity contribution in [2.45, 2.75) is 39.3 Å². The first-order valence-electron chi connectivity index (χ1n) is 8.70. The van der Waals surface area contributed by atoms with Gasteiger partial charge in [-0.15, -0.1) is 11.3 Å². The molecule has 2 atom stereocenters. The number of carbonyl (C=O) groups excluding carboxylic acids is 3. The molecule has 0 fully saturated rings. The molecule has 1 aliphatic heterocycles. The van der Waals surface area contributed by atoms with Crippen molar-refractivity contribution in [1.82, 2.24) is 10.2 Å². The fourth-order valence-electron chi connectivity index (χ4n) is 3.19. The van der Waals surface area contributed by atoms with Crippen molar-refractivity contribution in [2.75, 3.05) is 0 Å². The van der Waals surface area contributed by atoms with Crippen LogP contribution in [-0.4, -0.2) is 28.7 Å². The summed E-state index contributed by atoms with van der Waals surface area (Å²) in [6.07, 6.45) is 0.425. The highest BCUT2D eigenvalue weighted by atomic mass is 32.1. The van der Waals surface area contributed by atoms with Gasteiger partial charge in [-0.05, 0) is 42.8 Å². The Balaban J connectivity index is 1.86. The van der Waals surface area contributed by atoms with Gasteiger partial charge in [0.2, 0.25) is 5.91 Å². The second kappa shape index (κ2) is 7.41. The van der Waals surface area contributed by atoms with Gasteiger partial charge in [-0.1, -0.05) is 32.0 Å². The van der Waals surface area contributed by atoms with Crippen molar-refractivity contribution in [1.29, 1.82) is 0 Å². The molecular weight excluding hydrogens is 348 g/mol. The lowest BCUT2D eigenvalue weighted by Crippen LogP contribution is -2.50. The number of rotatable bonds is 6. The minimum absolute atomic E-state index is 0.159. The Morgan fingerprint density at radius 1 is 1.04 bits per heavy atom. The van der Waals surface area contributed by atoms with Gasteiger partial charge >= 0.3 is 0 Å². The van der Waals surface area contributed by atoms with E-state index in [0.717, 1.165) is 9.78 Å². The van der Waals surface area contributed by atoms with Gasteiger partial charge in [0, 0.05) is 4.88 Å². The molecule has 26 heavy (non-hydrogen) atoms. The Kier molecular flexibility index (Phi) is 5.23. The normalized spacial score (nSPS) is 15.9. The molecule has 0 spiro atoms. The van der Waals surface area contributed by atoms with Crippen LogP contribution in [0.5, 0.6) is 0 Å². The number of benzene rings is 1. The van der Waals surface area contributed by atoms with Crippen molar-refractivity contribution in [2.24, 2.45) is 5.92 Å². The zero-order chi connectivity index (χ0) is 18.8. The molecular formula is C20H22N2O3S. The number of nitrogens with zero attached hydrogens (tertiary/aromatic N) is 1. The molecule has 2 unspecified atom stereocenters. The third kappa shape index (κ3) is 3.42. The highest BCUT2D eigenvalue weighted by Crippen LogP contribution is 2.27. The molecule has 3 rings (SSSR count). The molecule has 136 valence electrons. The number of nitrogens with one attached hydrogen (secondary N) is 1. The summed E-state index contributed by atoms with van der Waals surface area (Å²) in [5.41, 5.74) is 0.732. The number of thiophene rings is 1. The van der Waals surface area contributed by atoms with Gasteiger partial charge in [-0.3, -0.25) is 19.3 Å². The summed E-state index contributed by atoms with van der Waals surface area (Å²) in [4.78, 5) is 40.7. The van der Waals surface area contributed by atoms with Gasteiger partial charge in [-0.2, -0.15) is 0 Å².